The molecule has 0 spiro atoms. The van der Waals surface area contributed by atoms with Crippen LogP contribution < -0.4 is 10.1 Å². The molecule has 0 aliphatic heterocycles. The molecule has 158 valence electrons. The summed E-state index contributed by atoms with van der Waals surface area (Å²) in [5.41, 5.74) is 1.07. The molecule has 7 nitrogen and oxygen atoms in total. The first-order valence-corrected chi connectivity index (χ1v) is 9.77. The molecule has 1 aromatic heterocycles. The van der Waals surface area contributed by atoms with Crippen molar-refractivity contribution in [2.75, 3.05) is 18.5 Å². The summed E-state index contributed by atoms with van der Waals surface area (Å²) >= 11 is 11.6. The minimum atomic E-state index is -0.741. The van der Waals surface area contributed by atoms with E-state index in [-0.39, 0.29) is 16.6 Å². The number of hydrogen-bond donors (Lipinski definition) is 1. The third kappa shape index (κ3) is 6.53. The SMILES string of the molecule is O=C(COC(=O)COc1ccc(C(=O)c2ccccc2)cc1)Nc1ncc(Cl)cc1Cl. The van der Waals surface area contributed by atoms with Gasteiger partial charge in [0.25, 0.3) is 5.91 Å². The second kappa shape index (κ2) is 10.6. The van der Waals surface area contributed by atoms with Crippen LogP contribution in [0.5, 0.6) is 5.75 Å². The average molecular weight is 459 g/mol. The fourth-order valence-corrected chi connectivity index (χ4v) is 2.89. The Morgan fingerprint density at radius 1 is 0.903 bits per heavy atom. The van der Waals surface area contributed by atoms with Crippen LogP contribution in [-0.4, -0.2) is 35.9 Å². The molecule has 9 heteroatoms. The van der Waals surface area contributed by atoms with Crippen LogP contribution >= 0.6 is 23.2 Å². The molecule has 0 aliphatic rings. The number of benzene rings is 2. The molecule has 1 N–H and O–H groups in total. The van der Waals surface area contributed by atoms with Crippen molar-refractivity contribution in [2.45, 2.75) is 0 Å². The lowest BCUT2D eigenvalue weighted by molar-refractivity contribution is -0.149. The number of pyridine rings is 1. The summed E-state index contributed by atoms with van der Waals surface area (Å²) in [5.74, 6) is -0.992. The number of hydrogen-bond acceptors (Lipinski definition) is 6. The topological polar surface area (TPSA) is 94.6 Å². The van der Waals surface area contributed by atoms with Crippen molar-refractivity contribution in [2.24, 2.45) is 0 Å². The van der Waals surface area contributed by atoms with Crippen molar-refractivity contribution in [1.29, 1.82) is 0 Å². The molecule has 0 unspecified atom stereocenters. The Morgan fingerprint density at radius 3 is 2.26 bits per heavy atom. The molecule has 31 heavy (non-hydrogen) atoms. The summed E-state index contributed by atoms with van der Waals surface area (Å²) in [7, 11) is 0. The average Bonchev–Trinajstić information content (AvgIpc) is 2.78. The number of amides is 1. The normalized spacial score (nSPS) is 10.3. The maximum absolute atomic E-state index is 12.4. The number of rotatable bonds is 8. The molecule has 0 atom stereocenters. The lowest BCUT2D eigenvalue weighted by Crippen LogP contribution is -2.24. The van der Waals surface area contributed by atoms with E-state index in [0.717, 1.165) is 0 Å². The van der Waals surface area contributed by atoms with Crippen molar-refractivity contribution >= 4 is 46.7 Å². The Kier molecular flexibility index (Phi) is 7.59. The van der Waals surface area contributed by atoms with E-state index in [1.165, 1.54) is 12.3 Å². The molecule has 2 aromatic carbocycles. The minimum absolute atomic E-state index is 0.105. The second-order valence-corrected chi connectivity index (χ2v) is 7.04. The van der Waals surface area contributed by atoms with Gasteiger partial charge in [0.15, 0.2) is 24.8 Å². The van der Waals surface area contributed by atoms with Gasteiger partial charge in [-0.05, 0) is 30.3 Å². The zero-order valence-corrected chi connectivity index (χ0v) is 17.5. The maximum Gasteiger partial charge on any atom is 0.344 e. The summed E-state index contributed by atoms with van der Waals surface area (Å²) in [4.78, 5) is 39.9. The monoisotopic (exact) mass is 458 g/mol. The van der Waals surface area contributed by atoms with E-state index in [2.05, 4.69) is 10.3 Å². The van der Waals surface area contributed by atoms with E-state index in [1.807, 2.05) is 6.07 Å². The molecule has 0 bridgehead atoms. The highest BCUT2D eigenvalue weighted by Gasteiger charge is 2.12. The van der Waals surface area contributed by atoms with Crippen molar-refractivity contribution < 1.29 is 23.9 Å². The number of aromatic nitrogens is 1. The number of carbonyl (C=O) groups is 3. The Balaban J connectivity index is 1.44. The number of ether oxygens (including phenoxy) is 2. The first kappa shape index (κ1) is 22.3. The van der Waals surface area contributed by atoms with Gasteiger partial charge >= 0.3 is 5.97 Å². The summed E-state index contributed by atoms with van der Waals surface area (Å²) < 4.78 is 10.2. The first-order chi connectivity index (χ1) is 14.9. The molecule has 0 fully saturated rings. The van der Waals surface area contributed by atoms with E-state index in [4.69, 9.17) is 32.7 Å². The van der Waals surface area contributed by atoms with Crippen LogP contribution in [0.3, 0.4) is 0 Å². The molecule has 3 aromatic rings. The zero-order chi connectivity index (χ0) is 22.2. The third-order valence-electron chi connectivity index (χ3n) is 3.94. The highest BCUT2D eigenvalue weighted by Crippen LogP contribution is 2.22. The van der Waals surface area contributed by atoms with Crippen molar-refractivity contribution in [3.05, 3.63) is 88.0 Å². The van der Waals surface area contributed by atoms with Crippen molar-refractivity contribution in [3.63, 3.8) is 0 Å². The maximum atomic E-state index is 12.4. The van der Waals surface area contributed by atoms with Gasteiger partial charge in [0.1, 0.15) is 5.75 Å². The molecule has 1 amide bonds. The fourth-order valence-electron chi connectivity index (χ4n) is 2.46. The molecular weight excluding hydrogens is 443 g/mol. The lowest BCUT2D eigenvalue weighted by Gasteiger charge is -2.09. The largest absolute Gasteiger partial charge is 0.482 e. The number of anilines is 1. The molecule has 0 saturated carbocycles. The van der Waals surface area contributed by atoms with Crippen LogP contribution in [0.15, 0.2) is 66.9 Å². The smallest absolute Gasteiger partial charge is 0.344 e. The highest BCUT2D eigenvalue weighted by molar-refractivity contribution is 6.36. The van der Waals surface area contributed by atoms with Crippen LogP contribution in [0.4, 0.5) is 5.82 Å². The Bertz CT molecular complexity index is 1090. The lowest BCUT2D eigenvalue weighted by atomic mass is 10.0. The number of carbonyl (C=O) groups excluding carboxylic acids is 3. The number of nitrogens with zero attached hydrogens (tertiary/aromatic N) is 1. The first-order valence-electron chi connectivity index (χ1n) is 9.01. The third-order valence-corrected chi connectivity index (χ3v) is 4.43. The van der Waals surface area contributed by atoms with E-state index < -0.39 is 25.1 Å². The van der Waals surface area contributed by atoms with Gasteiger partial charge in [-0.1, -0.05) is 53.5 Å². The predicted molar refractivity (Wildman–Crippen MR) is 116 cm³/mol. The molecule has 1 heterocycles. The Morgan fingerprint density at radius 2 is 1.58 bits per heavy atom. The van der Waals surface area contributed by atoms with Crippen LogP contribution in [0.2, 0.25) is 10.0 Å². The summed E-state index contributed by atoms with van der Waals surface area (Å²) in [6.45, 7) is -0.938. The van der Waals surface area contributed by atoms with Gasteiger partial charge in [0.05, 0.1) is 10.0 Å². The summed E-state index contributed by atoms with van der Waals surface area (Å²) in [6.07, 6.45) is 1.32. The highest BCUT2D eigenvalue weighted by atomic mass is 35.5. The quantitative estimate of drug-likeness (QED) is 0.401. The van der Waals surface area contributed by atoms with Gasteiger partial charge in [-0.15, -0.1) is 0 Å². The van der Waals surface area contributed by atoms with E-state index >= 15 is 0 Å². The van der Waals surface area contributed by atoms with Crippen LogP contribution in [-0.2, 0) is 14.3 Å². The van der Waals surface area contributed by atoms with E-state index in [1.54, 1.807) is 48.5 Å². The standard InChI is InChI=1S/C22H16Cl2N2O5/c23-16-10-18(24)22(25-11-16)26-19(27)12-31-20(28)13-30-17-8-6-15(7-9-17)21(29)14-4-2-1-3-5-14/h1-11H,12-13H2,(H,25,26,27). The number of ketones is 1. The summed E-state index contributed by atoms with van der Waals surface area (Å²) in [6, 6.07) is 16.7. The fraction of sp³-hybridized carbons (Fsp3) is 0.0909. The number of halogens is 2. The number of nitrogens with one attached hydrogen (secondary N) is 1. The molecule has 3 rings (SSSR count). The minimum Gasteiger partial charge on any atom is -0.482 e. The van der Waals surface area contributed by atoms with Crippen LogP contribution in [0.1, 0.15) is 15.9 Å². The van der Waals surface area contributed by atoms with Gasteiger partial charge in [0.2, 0.25) is 0 Å². The molecule has 0 radical (unpaired) electrons. The summed E-state index contributed by atoms with van der Waals surface area (Å²) in [5, 5.41) is 2.89. The van der Waals surface area contributed by atoms with Gasteiger partial charge in [-0.25, -0.2) is 9.78 Å². The molecule has 0 aliphatic carbocycles. The zero-order valence-electron chi connectivity index (χ0n) is 16.0. The molecular formula is C22H16Cl2N2O5. The second-order valence-electron chi connectivity index (χ2n) is 6.20. The number of esters is 1. The van der Waals surface area contributed by atoms with Gasteiger partial charge in [0, 0.05) is 17.3 Å². The molecule has 0 saturated heterocycles. The Labute approximate surface area is 187 Å². The van der Waals surface area contributed by atoms with Crippen molar-refractivity contribution in [3.8, 4) is 5.75 Å². The Hall–Kier alpha value is -3.42. The van der Waals surface area contributed by atoms with Gasteiger partial charge < -0.3 is 14.8 Å². The van der Waals surface area contributed by atoms with Crippen LogP contribution in [0.25, 0.3) is 0 Å². The van der Waals surface area contributed by atoms with E-state index in [9.17, 15) is 14.4 Å². The van der Waals surface area contributed by atoms with Gasteiger partial charge in [-0.2, -0.15) is 0 Å². The van der Waals surface area contributed by atoms with Crippen molar-refractivity contribution in [1.82, 2.24) is 4.98 Å². The van der Waals surface area contributed by atoms with Crippen LogP contribution in [0, 0.1) is 0 Å². The van der Waals surface area contributed by atoms with Gasteiger partial charge in [-0.3, -0.25) is 9.59 Å². The predicted octanol–water partition coefficient (Wildman–Crippen LogP) is 4.18. The van der Waals surface area contributed by atoms with E-state index in [0.29, 0.717) is 21.9 Å².